The SMILES string of the molecule is CC(N)C(=O)NC(CCCN=C(N)N)C(=O)NC(CCC(N)=O)C(=O)NC(C(=O)O)C(C)O. The molecule has 15 heteroatoms. The van der Waals surface area contributed by atoms with Gasteiger partial charge in [0.1, 0.15) is 12.1 Å². The van der Waals surface area contributed by atoms with E-state index in [-0.39, 0.29) is 38.2 Å². The number of aliphatic hydroxyl groups excluding tert-OH is 1. The largest absolute Gasteiger partial charge is 0.480 e. The van der Waals surface area contributed by atoms with E-state index in [9.17, 15) is 29.1 Å². The van der Waals surface area contributed by atoms with E-state index in [0.29, 0.717) is 0 Å². The lowest BCUT2D eigenvalue weighted by Gasteiger charge is -2.25. The third kappa shape index (κ3) is 12.2. The molecule has 188 valence electrons. The van der Waals surface area contributed by atoms with Crippen LogP contribution in [0.4, 0.5) is 0 Å². The highest BCUT2D eigenvalue weighted by Crippen LogP contribution is 2.05. The molecule has 0 aromatic carbocycles. The first kappa shape index (κ1) is 29.5. The van der Waals surface area contributed by atoms with Crippen LogP contribution in [-0.2, 0) is 24.0 Å². The number of aliphatic carboxylic acids is 1. The van der Waals surface area contributed by atoms with E-state index in [1.54, 1.807) is 0 Å². The van der Waals surface area contributed by atoms with Gasteiger partial charge in [-0.05, 0) is 33.1 Å². The molecule has 0 heterocycles. The number of carboxylic acid groups (broad SMARTS) is 1. The fourth-order valence-corrected chi connectivity index (χ4v) is 2.55. The molecule has 0 aliphatic heterocycles. The second kappa shape index (κ2) is 14.6. The number of hydrogen-bond donors (Lipinski definition) is 9. The third-order valence-electron chi connectivity index (χ3n) is 4.35. The Morgan fingerprint density at radius 3 is 1.85 bits per heavy atom. The predicted octanol–water partition coefficient (Wildman–Crippen LogP) is -4.43. The highest BCUT2D eigenvalue weighted by molar-refractivity contribution is 5.94. The molecular weight excluding hydrogens is 440 g/mol. The lowest BCUT2D eigenvalue weighted by Crippen LogP contribution is -2.58. The molecular formula is C18H34N8O7. The van der Waals surface area contributed by atoms with Crippen molar-refractivity contribution in [1.82, 2.24) is 16.0 Å². The zero-order valence-corrected chi connectivity index (χ0v) is 18.6. The van der Waals surface area contributed by atoms with E-state index in [4.69, 9.17) is 28.0 Å². The average molecular weight is 475 g/mol. The normalized spacial score (nSPS) is 15.2. The first-order chi connectivity index (χ1) is 15.3. The topological polar surface area (TPSA) is 278 Å². The number of carbonyl (C=O) groups is 5. The molecule has 0 rings (SSSR count). The summed E-state index contributed by atoms with van der Waals surface area (Å²) < 4.78 is 0. The van der Waals surface area contributed by atoms with Gasteiger partial charge in [-0.15, -0.1) is 0 Å². The monoisotopic (exact) mass is 474 g/mol. The summed E-state index contributed by atoms with van der Waals surface area (Å²) in [7, 11) is 0. The van der Waals surface area contributed by atoms with E-state index in [0.717, 1.165) is 6.92 Å². The number of primary amides is 1. The van der Waals surface area contributed by atoms with Gasteiger partial charge >= 0.3 is 5.97 Å². The number of aliphatic imine (C=N–C) groups is 1. The minimum atomic E-state index is -1.65. The molecule has 0 fully saturated rings. The molecule has 5 unspecified atom stereocenters. The molecule has 33 heavy (non-hydrogen) atoms. The van der Waals surface area contributed by atoms with Crippen LogP contribution in [0.15, 0.2) is 4.99 Å². The second-order valence-corrected chi connectivity index (χ2v) is 7.43. The molecule has 0 saturated heterocycles. The smallest absolute Gasteiger partial charge is 0.328 e. The fraction of sp³-hybridized carbons (Fsp3) is 0.667. The third-order valence-corrected chi connectivity index (χ3v) is 4.35. The number of carbonyl (C=O) groups excluding carboxylic acids is 4. The minimum absolute atomic E-state index is 0.0800. The summed E-state index contributed by atoms with van der Waals surface area (Å²) in [5, 5.41) is 25.6. The van der Waals surface area contributed by atoms with Crippen molar-refractivity contribution in [2.24, 2.45) is 27.9 Å². The number of guanidine groups is 1. The van der Waals surface area contributed by atoms with Gasteiger partial charge in [-0.3, -0.25) is 24.2 Å². The Kier molecular flexibility index (Phi) is 13.0. The first-order valence-corrected chi connectivity index (χ1v) is 10.2. The zero-order valence-electron chi connectivity index (χ0n) is 18.6. The standard InChI is InChI=1S/C18H34N8O7/c1-8(19)14(29)24-10(4-3-7-23-18(21)22)15(30)25-11(5-6-12(20)28)16(31)26-13(9(2)27)17(32)33/h8-11,13,27H,3-7,19H2,1-2H3,(H2,20,28)(H,24,29)(H,25,30)(H,26,31)(H,32,33)(H4,21,22,23). The number of carboxylic acids is 1. The van der Waals surface area contributed by atoms with Crippen LogP contribution in [0, 0.1) is 0 Å². The molecule has 5 atom stereocenters. The quantitative estimate of drug-likeness (QED) is 0.0623. The van der Waals surface area contributed by atoms with Crippen LogP contribution in [0.5, 0.6) is 0 Å². The van der Waals surface area contributed by atoms with Crippen molar-refractivity contribution >= 4 is 35.6 Å². The van der Waals surface area contributed by atoms with Crippen molar-refractivity contribution in [3.05, 3.63) is 0 Å². The maximum atomic E-state index is 12.8. The summed E-state index contributed by atoms with van der Waals surface area (Å²) >= 11 is 0. The van der Waals surface area contributed by atoms with Gasteiger partial charge in [-0.25, -0.2) is 4.79 Å². The number of nitrogens with one attached hydrogen (secondary N) is 3. The Morgan fingerprint density at radius 1 is 0.879 bits per heavy atom. The van der Waals surface area contributed by atoms with Crippen molar-refractivity contribution in [3.63, 3.8) is 0 Å². The number of amides is 4. The van der Waals surface area contributed by atoms with E-state index in [1.807, 2.05) is 0 Å². The molecule has 0 radical (unpaired) electrons. The average Bonchev–Trinajstić information content (AvgIpc) is 2.69. The summed E-state index contributed by atoms with van der Waals surface area (Å²) in [6.45, 7) is 2.74. The fourth-order valence-electron chi connectivity index (χ4n) is 2.55. The van der Waals surface area contributed by atoms with Crippen LogP contribution in [0.2, 0.25) is 0 Å². The van der Waals surface area contributed by atoms with Crippen molar-refractivity contribution in [2.75, 3.05) is 6.54 Å². The van der Waals surface area contributed by atoms with Crippen molar-refractivity contribution < 1.29 is 34.2 Å². The van der Waals surface area contributed by atoms with E-state index < -0.39 is 59.9 Å². The molecule has 0 bridgehead atoms. The van der Waals surface area contributed by atoms with Gasteiger partial charge in [0.2, 0.25) is 23.6 Å². The van der Waals surface area contributed by atoms with E-state index in [2.05, 4.69) is 20.9 Å². The number of rotatable bonds is 15. The number of nitrogens with two attached hydrogens (primary N) is 4. The van der Waals surface area contributed by atoms with Crippen molar-refractivity contribution in [3.8, 4) is 0 Å². The van der Waals surface area contributed by atoms with Crippen molar-refractivity contribution in [2.45, 2.75) is 69.8 Å². The summed E-state index contributed by atoms with van der Waals surface area (Å²) in [6.07, 6.45) is -1.62. The summed E-state index contributed by atoms with van der Waals surface area (Å²) in [5.74, 6) is -4.79. The maximum absolute atomic E-state index is 12.8. The Bertz CT molecular complexity index is 737. The first-order valence-electron chi connectivity index (χ1n) is 10.2. The lowest BCUT2D eigenvalue weighted by molar-refractivity contribution is -0.145. The molecule has 0 aliphatic rings. The van der Waals surface area contributed by atoms with Gasteiger partial charge in [0, 0.05) is 13.0 Å². The molecule has 0 aromatic rings. The Balaban J connectivity index is 5.53. The molecule has 13 N–H and O–H groups in total. The Hall–Kier alpha value is -3.46. The minimum Gasteiger partial charge on any atom is -0.480 e. The van der Waals surface area contributed by atoms with Crippen LogP contribution in [0.25, 0.3) is 0 Å². The molecule has 15 nitrogen and oxygen atoms in total. The molecule has 0 spiro atoms. The predicted molar refractivity (Wildman–Crippen MR) is 117 cm³/mol. The number of aliphatic hydroxyl groups is 1. The van der Waals surface area contributed by atoms with Crippen LogP contribution >= 0.6 is 0 Å². The van der Waals surface area contributed by atoms with Crippen LogP contribution in [-0.4, -0.2) is 82.6 Å². The molecule has 0 aromatic heterocycles. The van der Waals surface area contributed by atoms with Gasteiger partial charge in [-0.1, -0.05) is 0 Å². The van der Waals surface area contributed by atoms with E-state index in [1.165, 1.54) is 6.92 Å². The summed E-state index contributed by atoms with van der Waals surface area (Å²) in [5.41, 5.74) is 21.1. The van der Waals surface area contributed by atoms with Gasteiger partial charge in [0.05, 0.1) is 12.1 Å². The summed E-state index contributed by atoms with van der Waals surface area (Å²) in [6, 6.07) is -5.08. The zero-order chi connectivity index (χ0) is 25.7. The van der Waals surface area contributed by atoms with Crippen molar-refractivity contribution in [1.29, 1.82) is 0 Å². The molecule has 0 saturated carbocycles. The summed E-state index contributed by atoms with van der Waals surface area (Å²) in [4.78, 5) is 63.6. The number of hydrogen-bond acceptors (Lipinski definition) is 8. The second-order valence-electron chi connectivity index (χ2n) is 7.43. The van der Waals surface area contributed by atoms with Crippen LogP contribution in [0.1, 0.15) is 39.5 Å². The van der Waals surface area contributed by atoms with Crippen LogP contribution in [0.3, 0.4) is 0 Å². The van der Waals surface area contributed by atoms with Crippen LogP contribution < -0.4 is 38.9 Å². The Labute approximate surface area is 190 Å². The molecule has 0 aliphatic carbocycles. The van der Waals surface area contributed by atoms with Gasteiger partial charge in [0.15, 0.2) is 12.0 Å². The lowest BCUT2D eigenvalue weighted by atomic mass is 10.1. The Morgan fingerprint density at radius 2 is 1.39 bits per heavy atom. The highest BCUT2D eigenvalue weighted by atomic mass is 16.4. The van der Waals surface area contributed by atoms with Gasteiger partial charge in [-0.2, -0.15) is 0 Å². The number of nitrogens with zero attached hydrogens (tertiary/aromatic N) is 1. The maximum Gasteiger partial charge on any atom is 0.328 e. The van der Waals surface area contributed by atoms with E-state index >= 15 is 0 Å². The molecule has 4 amide bonds. The van der Waals surface area contributed by atoms with Gasteiger partial charge < -0.3 is 49.1 Å². The highest BCUT2D eigenvalue weighted by Gasteiger charge is 2.31. The van der Waals surface area contributed by atoms with Gasteiger partial charge in [0.25, 0.3) is 0 Å².